The van der Waals surface area contributed by atoms with Crippen LogP contribution in [0.4, 0.5) is 5.82 Å². The highest BCUT2D eigenvalue weighted by Gasteiger charge is 2.19. The Kier molecular flexibility index (Phi) is 4.54. The summed E-state index contributed by atoms with van der Waals surface area (Å²) in [4.78, 5) is 10.7. The lowest BCUT2D eigenvalue weighted by molar-refractivity contribution is 0.318. The Hall–Kier alpha value is -1.85. The Morgan fingerprint density at radius 2 is 2.16 bits per heavy atom. The molecule has 0 atom stereocenters. The number of nitrogens with two attached hydrogens (primary N) is 1. The summed E-state index contributed by atoms with van der Waals surface area (Å²) in [5.41, 5.74) is 5.85. The number of anilines is 1. The molecule has 6 nitrogen and oxygen atoms in total. The number of nitrogens with zero attached hydrogens (tertiary/aromatic N) is 4. The molecule has 0 unspecified atom stereocenters. The molecule has 3 N–H and O–H groups in total. The van der Waals surface area contributed by atoms with Crippen LogP contribution in [0.2, 0.25) is 0 Å². The van der Waals surface area contributed by atoms with Crippen molar-refractivity contribution in [2.75, 3.05) is 18.0 Å². The van der Waals surface area contributed by atoms with Gasteiger partial charge >= 0.3 is 0 Å². The lowest BCUT2D eigenvalue weighted by Gasteiger charge is -2.32. The van der Waals surface area contributed by atoms with Gasteiger partial charge in [0.25, 0.3) is 0 Å². The van der Waals surface area contributed by atoms with Gasteiger partial charge in [-0.05, 0) is 18.8 Å². The highest BCUT2D eigenvalue weighted by molar-refractivity contribution is 5.94. The standard InChI is InChI=1S/C13H21N5O/c1-2-3-10-4-6-18(7-5-10)12-9-15-11(8-16-12)13(14)17-19/h8-10,19H,2-7H2,1H3,(H2,14,17). The van der Waals surface area contributed by atoms with Crippen molar-refractivity contribution in [3.63, 3.8) is 0 Å². The first-order chi connectivity index (χ1) is 9.24. The van der Waals surface area contributed by atoms with Crippen molar-refractivity contribution in [3.05, 3.63) is 18.1 Å². The van der Waals surface area contributed by atoms with E-state index in [9.17, 15) is 0 Å². The minimum atomic E-state index is -0.0132. The lowest BCUT2D eigenvalue weighted by atomic mass is 9.92. The molecule has 0 radical (unpaired) electrons. The van der Waals surface area contributed by atoms with E-state index in [0.29, 0.717) is 5.69 Å². The van der Waals surface area contributed by atoms with Gasteiger partial charge in [-0.3, -0.25) is 0 Å². The Bertz CT molecular complexity index is 423. The SMILES string of the molecule is CCCC1CCN(c2cnc(C(N)=NO)cn2)CC1. The number of rotatable bonds is 4. The third kappa shape index (κ3) is 3.33. The van der Waals surface area contributed by atoms with E-state index in [4.69, 9.17) is 10.9 Å². The Morgan fingerprint density at radius 1 is 1.42 bits per heavy atom. The second-order valence-corrected chi connectivity index (χ2v) is 4.96. The van der Waals surface area contributed by atoms with Gasteiger partial charge in [-0.2, -0.15) is 0 Å². The van der Waals surface area contributed by atoms with Gasteiger partial charge in [0, 0.05) is 13.1 Å². The molecule has 1 saturated heterocycles. The minimum absolute atomic E-state index is 0.0132. The molecule has 0 amide bonds. The van der Waals surface area contributed by atoms with Crippen LogP contribution in [0.5, 0.6) is 0 Å². The van der Waals surface area contributed by atoms with Crippen LogP contribution in [0.15, 0.2) is 17.5 Å². The summed E-state index contributed by atoms with van der Waals surface area (Å²) in [6.45, 7) is 4.30. The fraction of sp³-hybridized carbons (Fsp3) is 0.615. The molecule has 0 saturated carbocycles. The summed E-state index contributed by atoms with van der Waals surface area (Å²) in [5.74, 6) is 1.70. The molecule has 1 aromatic heterocycles. The number of amidine groups is 1. The maximum atomic E-state index is 8.57. The normalized spacial score (nSPS) is 17.7. The summed E-state index contributed by atoms with van der Waals surface area (Å²) in [7, 11) is 0. The monoisotopic (exact) mass is 263 g/mol. The Morgan fingerprint density at radius 3 is 2.68 bits per heavy atom. The molecule has 104 valence electrons. The number of aromatic nitrogens is 2. The van der Waals surface area contributed by atoms with Crippen LogP contribution < -0.4 is 10.6 Å². The van der Waals surface area contributed by atoms with Crippen molar-refractivity contribution >= 4 is 11.7 Å². The maximum absolute atomic E-state index is 8.57. The molecule has 0 aromatic carbocycles. The zero-order valence-corrected chi connectivity index (χ0v) is 11.3. The molecule has 0 aliphatic carbocycles. The molecule has 19 heavy (non-hydrogen) atoms. The second kappa shape index (κ2) is 6.36. The van der Waals surface area contributed by atoms with Crippen LogP contribution in [0.1, 0.15) is 38.3 Å². The van der Waals surface area contributed by atoms with Gasteiger partial charge in [0.1, 0.15) is 11.5 Å². The van der Waals surface area contributed by atoms with Gasteiger partial charge in [0.2, 0.25) is 0 Å². The quantitative estimate of drug-likeness (QED) is 0.373. The molecule has 6 heteroatoms. The molecule has 2 rings (SSSR count). The van der Waals surface area contributed by atoms with Crippen LogP contribution in [0, 0.1) is 5.92 Å². The van der Waals surface area contributed by atoms with Gasteiger partial charge in [-0.25, -0.2) is 9.97 Å². The first-order valence-corrected chi connectivity index (χ1v) is 6.79. The van der Waals surface area contributed by atoms with Gasteiger partial charge in [-0.1, -0.05) is 24.9 Å². The van der Waals surface area contributed by atoms with Crippen LogP contribution in [-0.2, 0) is 0 Å². The number of hydrogen-bond acceptors (Lipinski definition) is 5. The molecule has 1 aliphatic heterocycles. The lowest BCUT2D eigenvalue weighted by Crippen LogP contribution is -2.34. The van der Waals surface area contributed by atoms with Crippen molar-refractivity contribution in [1.29, 1.82) is 0 Å². The fourth-order valence-electron chi connectivity index (χ4n) is 2.53. The molecule has 1 fully saturated rings. The van der Waals surface area contributed by atoms with Crippen LogP contribution in [0.25, 0.3) is 0 Å². The Labute approximate surface area is 113 Å². The topological polar surface area (TPSA) is 87.6 Å². The first kappa shape index (κ1) is 13.6. The molecule has 0 bridgehead atoms. The molecule has 1 aromatic rings. The van der Waals surface area contributed by atoms with Crippen molar-refractivity contribution in [3.8, 4) is 0 Å². The third-order valence-corrected chi connectivity index (χ3v) is 3.64. The average Bonchev–Trinajstić information content (AvgIpc) is 2.48. The van der Waals surface area contributed by atoms with E-state index >= 15 is 0 Å². The summed E-state index contributed by atoms with van der Waals surface area (Å²) < 4.78 is 0. The molecular formula is C13H21N5O. The van der Waals surface area contributed by atoms with Gasteiger partial charge < -0.3 is 15.8 Å². The number of hydrogen-bond donors (Lipinski definition) is 2. The van der Waals surface area contributed by atoms with E-state index in [1.807, 2.05) is 0 Å². The summed E-state index contributed by atoms with van der Waals surface area (Å²) in [5, 5.41) is 11.5. The second-order valence-electron chi connectivity index (χ2n) is 4.96. The van der Waals surface area contributed by atoms with Crippen LogP contribution in [-0.4, -0.2) is 34.1 Å². The summed E-state index contributed by atoms with van der Waals surface area (Å²) in [6, 6.07) is 0. The van der Waals surface area contributed by atoms with E-state index < -0.39 is 0 Å². The van der Waals surface area contributed by atoms with Crippen molar-refractivity contribution in [2.24, 2.45) is 16.8 Å². The van der Waals surface area contributed by atoms with Crippen molar-refractivity contribution < 1.29 is 5.21 Å². The minimum Gasteiger partial charge on any atom is -0.409 e. The fourth-order valence-corrected chi connectivity index (χ4v) is 2.53. The predicted molar refractivity (Wildman–Crippen MR) is 74.4 cm³/mol. The van der Waals surface area contributed by atoms with E-state index in [0.717, 1.165) is 24.8 Å². The highest BCUT2D eigenvalue weighted by atomic mass is 16.4. The maximum Gasteiger partial charge on any atom is 0.190 e. The summed E-state index contributed by atoms with van der Waals surface area (Å²) >= 11 is 0. The van der Waals surface area contributed by atoms with E-state index in [-0.39, 0.29) is 5.84 Å². The largest absolute Gasteiger partial charge is 0.409 e. The average molecular weight is 263 g/mol. The molecule has 0 spiro atoms. The molecule has 2 heterocycles. The first-order valence-electron chi connectivity index (χ1n) is 6.79. The highest BCUT2D eigenvalue weighted by Crippen LogP contribution is 2.24. The van der Waals surface area contributed by atoms with Crippen molar-refractivity contribution in [2.45, 2.75) is 32.6 Å². The molecular weight excluding hydrogens is 242 g/mol. The number of piperidine rings is 1. The van der Waals surface area contributed by atoms with E-state index in [2.05, 4.69) is 26.9 Å². The third-order valence-electron chi connectivity index (χ3n) is 3.64. The van der Waals surface area contributed by atoms with E-state index in [1.54, 1.807) is 12.4 Å². The smallest absolute Gasteiger partial charge is 0.190 e. The zero-order valence-electron chi connectivity index (χ0n) is 11.3. The summed E-state index contributed by atoms with van der Waals surface area (Å²) in [6.07, 6.45) is 8.26. The van der Waals surface area contributed by atoms with Crippen LogP contribution >= 0.6 is 0 Å². The predicted octanol–water partition coefficient (Wildman–Crippen LogP) is 1.59. The van der Waals surface area contributed by atoms with Crippen LogP contribution in [0.3, 0.4) is 0 Å². The van der Waals surface area contributed by atoms with Gasteiger partial charge in [-0.15, -0.1) is 0 Å². The Balaban J connectivity index is 1.96. The van der Waals surface area contributed by atoms with Gasteiger partial charge in [0.15, 0.2) is 5.84 Å². The van der Waals surface area contributed by atoms with E-state index in [1.165, 1.54) is 25.7 Å². The van der Waals surface area contributed by atoms with Gasteiger partial charge in [0.05, 0.1) is 12.4 Å². The number of oxime groups is 1. The van der Waals surface area contributed by atoms with Crippen molar-refractivity contribution in [1.82, 2.24) is 9.97 Å². The molecule has 1 aliphatic rings. The zero-order chi connectivity index (χ0) is 13.7.